The predicted octanol–water partition coefficient (Wildman–Crippen LogP) is 1.15. The molecule has 0 bridgehead atoms. The molecule has 6 nitrogen and oxygen atoms in total. The van der Waals surface area contributed by atoms with Gasteiger partial charge in [0.05, 0.1) is 19.8 Å². The maximum Gasteiger partial charge on any atom is 0.305 e. The molecule has 1 aliphatic heterocycles. The predicted molar refractivity (Wildman–Crippen MR) is 78.6 cm³/mol. The third-order valence-corrected chi connectivity index (χ3v) is 3.20. The molecule has 0 aromatic heterocycles. The van der Waals surface area contributed by atoms with Crippen LogP contribution in [0.1, 0.15) is 39.0 Å². The smallest absolute Gasteiger partial charge is 0.305 e. The van der Waals surface area contributed by atoms with Crippen LogP contribution in [0.2, 0.25) is 0 Å². The lowest BCUT2D eigenvalue weighted by Gasteiger charge is -2.27. The molecular formula is C14H27N3O3. The van der Waals surface area contributed by atoms with Crippen molar-refractivity contribution in [1.82, 2.24) is 4.90 Å². The number of nitrogens with two attached hydrogens (primary N) is 1. The van der Waals surface area contributed by atoms with E-state index in [1.54, 1.807) is 0 Å². The summed E-state index contributed by atoms with van der Waals surface area (Å²) >= 11 is 0. The minimum absolute atomic E-state index is 0.0953. The molecule has 0 atom stereocenters. The van der Waals surface area contributed by atoms with Crippen molar-refractivity contribution < 1.29 is 14.3 Å². The zero-order chi connectivity index (χ0) is 14.6. The summed E-state index contributed by atoms with van der Waals surface area (Å²) in [6.45, 7) is 6.16. The van der Waals surface area contributed by atoms with Crippen molar-refractivity contribution in [1.29, 1.82) is 0 Å². The number of morpholine rings is 1. The van der Waals surface area contributed by atoms with Gasteiger partial charge in [-0.2, -0.15) is 0 Å². The number of guanidine groups is 1. The Morgan fingerprint density at radius 3 is 2.65 bits per heavy atom. The van der Waals surface area contributed by atoms with Crippen molar-refractivity contribution in [2.45, 2.75) is 39.0 Å². The van der Waals surface area contributed by atoms with E-state index in [2.05, 4.69) is 9.89 Å². The molecule has 0 aromatic rings. The molecule has 0 radical (unpaired) electrons. The Kier molecular flexibility index (Phi) is 8.78. The van der Waals surface area contributed by atoms with E-state index in [0.29, 0.717) is 19.0 Å². The number of esters is 1. The molecule has 2 N–H and O–H groups in total. The lowest BCUT2D eigenvalue weighted by molar-refractivity contribution is -0.143. The van der Waals surface area contributed by atoms with E-state index in [9.17, 15) is 4.79 Å². The van der Waals surface area contributed by atoms with Crippen LogP contribution in [-0.4, -0.2) is 56.3 Å². The summed E-state index contributed by atoms with van der Waals surface area (Å²) in [5, 5.41) is 0. The first-order valence-electron chi connectivity index (χ1n) is 7.52. The van der Waals surface area contributed by atoms with E-state index >= 15 is 0 Å². The number of nitrogens with zero attached hydrogens (tertiary/aromatic N) is 2. The minimum Gasteiger partial charge on any atom is -0.466 e. The van der Waals surface area contributed by atoms with Crippen molar-refractivity contribution in [3.63, 3.8) is 0 Å². The van der Waals surface area contributed by atoms with E-state index < -0.39 is 0 Å². The Morgan fingerprint density at radius 1 is 1.25 bits per heavy atom. The first-order valence-corrected chi connectivity index (χ1v) is 7.52. The third kappa shape index (κ3) is 7.33. The number of rotatable bonds is 8. The molecule has 0 aromatic carbocycles. The summed E-state index contributed by atoms with van der Waals surface area (Å²) in [6.07, 6.45) is 4.52. The van der Waals surface area contributed by atoms with E-state index in [1.165, 1.54) is 0 Å². The highest BCUT2D eigenvalue weighted by molar-refractivity contribution is 5.78. The molecule has 1 aliphatic rings. The normalized spacial score (nSPS) is 16.2. The van der Waals surface area contributed by atoms with Crippen LogP contribution in [0.25, 0.3) is 0 Å². The lowest BCUT2D eigenvalue weighted by atomic mass is 10.1. The van der Waals surface area contributed by atoms with Crippen LogP contribution in [0.4, 0.5) is 0 Å². The zero-order valence-corrected chi connectivity index (χ0v) is 12.5. The van der Waals surface area contributed by atoms with Crippen LogP contribution in [0.5, 0.6) is 0 Å². The molecule has 1 saturated heterocycles. The molecular weight excluding hydrogens is 258 g/mol. The number of hydrogen-bond donors (Lipinski definition) is 1. The second kappa shape index (κ2) is 10.5. The summed E-state index contributed by atoms with van der Waals surface area (Å²) < 4.78 is 10.1. The molecule has 0 aliphatic carbocycles. The summed E-state index contributed by atoms with van der Waals surface area (Å²) in [7, 11) is 0. The van der Waals surface area contributed by atoms with Crippen LogP contribution in [0, 0.1) is 0 Å². The van der Waals surface area contributed by atoms with Crippen LogP contribution in [0.15, 0.2) is 4.99 Å². The summed E-state index contributed by atoms with van der Waals surface area (Å²) in [5.74, 6) is 0.530. The van der Waals surface area contributed by atoms with Crippen LogP contribution in [0.3, 0.4) is 0 Å². The fraction of sp³-hybridized carbons (Fsp3) is 0.857. The lowest BCUT2D eigenvalue weighted by Crippen LogP contribution is -2.44. The average molecular weight is 285 g/mol. The second-order valence-corrected chi connectivity index (χ2v) is 4.81. The van der Waals surface area contributed by atoms with Gasteiger partial charge in [-0.25, -0.2) is 0 Å². The molecule has 116 valence electrons. The highest BCUT2D eigenvalue weighted by Gasteiger charge is 2.11. The van der Waals surface area contributed by atoms with Gasteiger partial charge in [-0.3, -0.25) is 9.79 Å². The maximum absolute atomic E-state index is 11.1. The van der Waals surface area contributed by atoms with Gasteiger partial charge in [-0.1, -0.05) is 12.8 Å². The minimum atomic E-state index is -0.0953. The van der Waals surface area contributed by atoms with Gasteiger partial charge in [0.25, 0.3) is 0 Å². The largest absolute Gasteiger partial charge is 0.466 e. The number of unbranched alkanes of at least 4 members (excludes halogenated alkanes) is 3. The van der Waals surface area contributed by atoms with Crippen molar-refractivity contribution >= 4 is 11.9 Å². The number of aliphatic imine (C=N–C) groups is 1. The fourth-order valence-corrected chi connectivity index (χ4v) is 2.05. The highest BCUT2D eigenvalue weighted by atomic mass is 16.5. The summed E-state index contributed by atoms with van der Waals surface area (Å²) in [6, 6.07) is 0. The van der Waals surface area contributed by atoms with Gasteiger partial charge >= 0.3 is 5.97 Å². The van der Waals surface area contributed by atoms with Crippen LogP contribution < -0.4 is 5.73 Å². The van der Waals surface area contributed by atoms with E-state index in [1.807, 2.05) is 6.92 Å². The third-order valence-electron chi connectivity index (χ3n) is 3.20. The molecule has 1 heterocycles. The first-order chi connectivity index (χ1) is 9.74. The SMILES string of the molecule is CCOC(=O)CCCCCCN=C(N)N1CCOCC1. The second-order valence-electron chi connectivity index (χ2n) is 4.81. The standard InChI is InChI=1S/C14H27N3O3/c1-2-20-13(18)7-5-3-4-6-8-16-14(15)17-9-11-19-12-10-17/h2-12H2,1H3,(H2,15,16). The highest BCUT2D eigenvalue weighted by Crippen LogP contribution is 2.04. The Labute approximate surface area is 121 Å². The van der Waals surface area contributed by atoms with Crippen LogP contribution >= 0.6 is 0 Å². The van der Waals surface area contributed by atoms with E-state index in [0.717, 1.165) is 58.5 Å². The molecule has 6 heteroatoms. The summed E-state index contributed by atoms with van der Waals surface area (Å²) in [4.78, 5) is 17.6. The van der Waals surface area contributed by atoms with Crippen molar-refractivity contribution in [2.24, 2.45) is 10.7 Å². The number of carbonyl (C=O) groups is 1. The van der Waals surface area contributed by atoms with E-state index in [4.69, 9.17) is 15.2 Å². The topological polar surface area (TPSA) is 77.1 Å². The fourth-order valence-electron chi connectivity index (χ4n) is 2.05. The van der Waals surface area contributed by atoms with Gasteiger partial charge in [0.2, 0.25) is 0 Å². The molecule has 0 amide bonds. The summed E-state index contributed by atoms with van der Waals surface area (Å²) in [5.41, 5.74) is 5.92. The average Bonchev–Trinajstić information content (AvgIpc) is 2.47. The molecule has 0 unspecified atom stereocenters. The van der Waals surface area contributed by atoms with Gasteiger partial charge in [0.1, 0.15) is 0 Å². The molecule has 20 heavy (non-hydrogen) atoms. The molecule has 0 spiro atoms. The van der Waals surface area contributed by atoms with Gasteiger partial charge in [0.15, 0.2) is 5.96 Å². The van der Waals surface area contributed by atoms with Crippen molar-refractivity contribution in [3.8, 4) is 0 Å². The maximum atomic E-state index is 11.1. The van der Waals surface area contributed by atoms with Gasteiger partial charge in [-0.15, -0.1) is 0 Å². The van der Waals surface area contributed by atoms with Gasteiger partial charge < -0.3 is 20.1 Å². The first kappa shape index (κ1) is 16.8. The number of ether oxygens (including phenoxy) is 2. The van der Waals surface area contributed by atoms with E-state index in [-0.39, 0.29) is 5.97 Å². The Bertz CT molecular complexity index is 302. The van der Waals surface area contributed by atoms with Gasteiger partial charge in [0, 0.05) is 26.1 Å². The molecule has 0 saturated carbocycles. The monoisotopic (exact) mass is 285 g/mol. The Morgan fingerprint density at radius 2 is 1.95 bits per heavy atom. The molecule has 1 rings (SSSR count). The Balaban J connectivity index is 1.99. The van der Waals surface area contributed by atoms with Crippen molar-refractivity contribution in [2.75, 3.05) is 39.5 Å². The quantitative estimate of drug-likeness (QED) is 0.313. The van der Waals surface area contributed by atoms with Crippen molar-refractivity contribution in [3.05, 3.63) is 0 Å². The Hall–Kier alpha value is -1.30. The van der Waals surface area contributed by atoms with Gasteiger partial charge in [-0.05, 0) is 19.8 Å². The number of hydrogen-bond acceptors (Lipinski definition) is 4. The molecule has 1 fully saturated rings. The number of carbonyl (C=O) groups excluding carboxylic acids is 1. The van der Waals surface area contributed by atoms with Crippen LogP contribution in [-0.2, 0) is 14.3 Å². The zero-order valence-electron chi connectivity index (χ0n) is 12.5.